The van der Waals surface area contributed by atoms with Gasteiger partial charge in [-0.3, -0.25) is 14.4 Å². The minimum Gasteiger partial charge on any atom is -0.481 e. The predicted molar refractivity (Wildman–Crippen MR) is 83.1 cm³/mol. The third-order valence-electron chi connectivity index (χ3n) is 3.46. The average Bonchev–Trinajstić information content (AvgIpc) is 2.42. The molecule has 1 aliphatic rings. The third-order valence-corrected chi connectivity index (χ3v) is 3.90. The minimum absolute atomic E-state index is 0.0378. The van der Waals surface area contributed by atoms with E-state index < -0.39 is 9.39 Å². The standard InChI is InChI=1S/C14H21IO6/c1-14(2,15)13(19)21-8-7-20-12(18)10-5-3-9(4-6-10)11(16)17/h9-10H,3-8H2,1-2H3,(H,16,17). The lowest BCUT2D eigenvalue weighted by molar-refractivity contribution is -0.157. The highest BCUT2D eigenvalue weighted by molar-refractivity contribution is 14.1. The number of alkyl halides is 1. The molecule has 120 valence electrons. The number of hydrogen-bond donors (Lipinski definition) is 1. The van der Waals surface area contributed by atoms with Crippen LogP contribution in [0.3, 0.4) is 0 Å². The van der Waals surface area contributed by atoms with Crippen molar-refractivity contribution in [3.63, 3.8) is 0 Å². The Morgan fingerprint density at radius 2 is 1.52 bits per heavy atom. The van der Waals surface area contributed by atoms with E-state index in [0.717, 1.165) is 0 Å². The summed E-state index contributed by atoms with van der Waals surface area (Å²) >= 11 is 1.98. The summed E-state index contributed by atoms with van der Waals surface area (Å²) in [6.07, 6.45) is 2.09. The lowest BCUT2D eigenvalue weighted by Crippen LogP contribution is -2.29. The number of rotatable bonds is 6. The van der Waals surface area contributed by atoms with Crippen LogP contribution in [-0.4, -0.2) is 39.6 Å². The Balaban J connectivity index is 2.21. The molecule has 0 aliphatic heterocycles. The molecule has 0 aromatic carbocycles. The van der Waals surface area contributed by atoms with Gasteiger partial charge in [0.1, 0.15) is 16.6 Å². The fourth-order valence-electron chi connectivity index (χ4n) is 2.14. The highest BCUT2D eigenvalue weighted by Crippen LogP contribution is 2.29. The number of carboxylic acid groups (broad SMARTS) is 1. The molecule has 1 fully saturated rings. The molecule has 1 rings (SSSR count). The topological polar surface area (TPSA) is 89.9 Å². The van der Waals surface area contributed by atoms with Gasteiger partial charge in [-0.05, 0) is 39.5 Å². The fourth-order valence-corrected chi connectivity index (χ4v) is 2.30. The fraction of sp³-hybridized carbons (Fsp3) is 0.786. The van der Waals surface area contributed by atoms with Gasteiger partial charge in [-0.15, -0.1) is 0 Å². The molecule has 1 saturated carbocycles. The Morgan fingerprint density at radius 3 is 2.00 bits per heavy atom. The van der Waals surface area contributed by atoms with Crippen molar-refractivity contribution in [2.75, 3.05) is 13.2 Å². The van der Waals surface area contributed by atoms with Crippen LogP contribution in [-0.2, 0) is 23.9 Å². The highest BCUT2D eigenvalue weighted by Gasteiger charge is 2.30. The van der Waals surface area contributed by atoms with Crippen LogP contribution >= 0.6 is 22.6 Å². The molecule has 0 amide bonds. The van der Waals surface area contributed by atoms with E-state index in [0.29, 0.717) is 25.7 Å². The SMILES string of the molecule is CC(C)(I)C(=O)OCCOC(=O)C1CCC(C(=O)O)CC1. The summed E-state index contributed by atoms with van der Waals surface area (Å²) in [7, 11) is 0. The van der Waals surface area contributed by atoms with Crippen LogP contribution < -0.4 is 0 Å². The Bertz CT molecular complexity index is 393. The van der Waals surface area contributed by atoms with Crippen LogP contribution in [0.2, 0.25) is 0 Å². The molecule has 0 saturated heterocycles. The van der Waals surface area contributed by atoms with Gasteiger partial charge in [0.05, 0.1) is 11.8 Å². The van der Waals surface area contributed by atoms with E-state index in [1.165, 1.54) is 0 Å². The molecule has 21 heavy (non-hydrogen) atoms. The zero-order valence-corrected chi connectivity index (χ0v) is 14.4. The lowest BCUT2D eigenvalue weighted by atomic mass is 9.82. The maximum absolute atomic E-state index is 11.8. The van der Waals surface area contributed by atoms with Gasteiger partial charge in [-0.1, -0.05) is 22.6 Å². The van der Waals surface area contributed by atoms with Crippen LogP contribution in [0.1, 0.15) is 39.5 Å². The molecule has 0 heterocycles. The molecule has 1 aliphatic carbocycles. The smallest absolute Gasteiger partial charge is 0.321 e. The quantitative estimate of drug-likeness (QED) is 0.311. The zero-order chi connectivity index (χ0) is 16.0. The normalized spacial score (nSPS) is 22.4. The van der Waals surface area contributed by atoms with E-state index in [1.807, 2.05) is 22.6 Å². The number of ether oxygens (including phenoxy) is 2. The molecule has 7 heteroatoms. The second kappa shape index (κ2) is 7.95. The van der Waals surface area contributed by atoms with Gasteiger partial charge in [0.15, 0.2) is 0 Å². The molecule has 1 N–H and O–H groups in total. The average molecular weight is 412 g/mol. The summed E-state index contributed by atoms with van der Waals surface area (Å²) < 4.78 is 9.47. The molecular weight excluding hydrogens is 391 g/mol. The summed E-state index contributed by atoms with van der Waals surface area (Å²) in [6.45, 7) is 3.56. The Hall–Kier alpha value is -0.860. The van der Waals surface area contributed by atoms with Crippen molar-refractivity contribution in [1.29, 1.82) is 0 Å². The van der Waals surface area contributed by atoms with Crippen molar-refractivity contribution in [2.45, 2.75) is 43.0 Å². The predicted octanol–water partition coefficient (Wildman–Crippen LogP) is 2.18. The summed E-state index contributed by atoms with van der Waals surface area (Å²) in [5.41, 5.74) is 0. The van der Waals surface area contributed by atoms with E-state index >= 15 is 0 Å². The number of aliphatic carboxylic acids is 1. The van der Waals surface area contributed by atoms with Crippen LogP contribution in [0.4, 0.5) is 0 Å². The van der Waals surface area contributed by atoms with E-state index in [-0.39, 0.29) is 37.0 Å². The first-order valence-corrected chi connectivity index (χ1v) is 8.05. The van der Waals surface area contributed by atoms with Gasteiger partial charge < -0.3 is 14.6 Å². The van der Waals surface area contributed by atoms with Crippen molar-refractivity contribution in [3.8, 4) is 0 Å². The lowest BCUT2D eigenvalue weighted by Gasteiger charge is -2.24. The van der Waals surface area contributed by atoms with Crippen LogP contribution in [0.15, 0.2) is 0 Å². The first kappa shape index (κ1) is 18.2. The monoisotopic (exact) mass is 412 g/mol. The maximum Gasteiger partial charge on any atom is 0.321 e. The van der Waals surface area contributed by atoms with Gasteiger partial charge in [0.25, 0.3) is 0 Å². The maximum atomic E-state index is 11.8. The van der Waals surface area contributed by atoms with Gasteiger partial charge in [-0.25, -0.2) is 0 Å². The molecule has 6 nitrogen and oxygen atoms in total. The summed E-state index contributed by atoms with van der Waals surface area (Å²) in [6, 6.07) is 0. The number of esters is 2. The van der Waals surface area contributed by atoms with Crippen molar-refractivity contribution < 1.29 is 29.0 Å². The molecule has 0 radical (unpaired) electrons. The van der Waals surface area contributed by atoms with Crippen molar-refractivity contribution in [3.05, 3.63) is 0 Å². The number of carboxylic acids is 1. The van der Waals surface area contributed by atoms with Crippen molar-refractivity contribution in [1.82, 2.24) is 0 Å². The largest absolute Gasteiger partial charge is 0.481 e. The summed E-state index contributed by atoms with van der Waals surface area (Å²) in [4.78, 5) is 34.1. The number of hydrogen-bond acceptors (Lipinski definition) is 5. The van der Waals surface area contributed by atoms with Crippen molar-refractivity contribution in [2.24, 2.45) is 11.8 Å². The Kier molecular flexibility index (Phi) is 6.89. The number of halogens is 1. The van der Waals surface area contributed by atoms with Crippen LogP contribution in [0.25, 0.3) is 0 Å². The van der Waals surface area contributed by atoms with Crippen molar-refractivity contribution >= 4 is 40.5 Å². The summed E-state index contributed by atoms with van der Waals surface area (Å²) in [5.74, 6) is -2.06. The van der Waals surface area contributed by atoms with Crippen LogP contribution in [0.5, 0.6) is 0 Å². The van der Waals surface area contributed by atoms with Gasteiger partial charge in [0, 0.05) is 0 Å². The van der Waals surface area contributed by atoms with Crippen LogP contribution in [0, 0.1) is 11.8 Å². The molecule has 0 bridgehead atoms. The van der Waals surface area contributed by atoms with E-state index in [9.17, 15) is 14.4 Å². The second-order valence-corrected chi connectivity index (χ2v) is 8.36. The molecule has 0 aromatic rings. The second-order valence-electron chi connectivity index (χ2n) is 5.66. The Morgan fingerprint density at radius 1 is 1.05 bits per heavy atom. The van der Waals surface area contributed by atoms with Gasteiger partial charge >= 0.3 is 17.9 Å². The van der Waals surface area contributed by atoms with E-state index in [1.54, 1.807) is 13.8 Å². The molecule has 0 spiro atoms. The molecular formula is C14H21IO6. The number of carbonyl (C=O) groups excluding carboxylic acids is 2. The molecule has 0 unspecified atom stereocenters. The highest BCUT2D eigenvalue weighted by atomic mass is 127. The van der Waals surface area contributed by atoms with E-state index in [4.69, 9.17) is 14.6 Å². The molecule has 0 aromatic heterocycles. The first-order valence-electron chi connectivity index (χ1n) is 6.97. The zero-order valence-electron chi connectivity index (χ0n) is 12.3. The molecule has 0 atom stereocenters. The summed E-state index contributed by atoms with van der Waals surface area (Å²) in [5, 5.41) is 8.89. The minimum atomic E-state index is -0.796. The Labute approximate surface area is 137 Å². The van der Waals surface area contributed by atoms with E-state index in [2.05, 4.69) is 0 Å². The third kappa shape index (κ3) is 6.19. The first-order chi connectivity index (χ1) is 9.71. The van der Waals surface area contributed by atoms with Gasteiger partial charge in [-0.2, -0.15) is 0 Å². The van der Waals surface area contributed by atoms with Gasteiger partial charge in [0.2, 0.25) is 0 Å². The number of carbonyl (C=O) groups is 3.